The maximum Gasteiger partial charge on any atom is 0.150 e. The van der Waals surface area contributed by atoms with Crippen molar-refractivity contribution in [3.05, 3.63) is 42.0 Å². The molecule has 0 spiro atoms. The van der Waals surface area contributed by atoms with Gasteiger partial charge in [0.2, 0.25) is 0 Å². The molecular formula is C14H16BrClO. The topological polar surface area (TPSA) is 17.1 Å². The smallest absolute Gasteiger partial charge is 0.150 e. The maximum absolute atomic E-state index is 11.7. The van der Waals surface area contributed by atoms with E-state index >= 15 is 0 Å². The van der Waals surface area contributed by atoms with Crippen LogP contribution < -0.4 is 0 Å². The summed E-state index contributed by atoms with van der Waals surface area (Å²) in [6, 6.07) is 9.90. The average molecular weight is 316 g/mol. The van der Waals surface area contributed by atoms with E-state index in [0.717, 1.165) is 5.56 Å². The molecule has 0 radical (unpaired) electrons. The third kappa shape index (κ3) is 3.97. The Hall–Kier alpha value is -0.600. The minimum Gasteiger partial charge on any atom is -0.298 e. The third-order valence-electron chi connectivity index (χ3n) is 2.79. The summed E-state index contributed by atoms with van der Waals surface area (Å²) in [6.45, 7) is 3.73. The number of carbonyl (C=O) groups excluding carboxylic acids is 1. The number of ketones is 1. The number of benzene rings is 1. The van der Waals surface area contributed by atoms with Gasteiger partial charge in [-0.15, -0.1) is 11.6 Å². The molecule has 0 aliphatic carbocycles. The molecule has 0 aliphatic rings. The van der Waals surface area contributed by atoms with Crippen molar-refractivity contribution in [2.45, 2.75) is 19.2 Å². The van der Waals surface area contributed by atoms with Crippen LogP contribution in [0.3, 0.4) is 0 Å². The summed E-state index contributed by atoms with van der Waals surface area (Å²) in [4.78, 5) is 11.7. The first-order chi connectivity index (χ1) is 7.98. The van der Waals surface area contributed by atoms with Crippen LogP contribution in [0.1, 0.15) is 19.4 Å². The van der Waals surface area contributed by atoms with E-state index in [1.807, 2.05) is 56.3 Å². The Morgan fingerprint density at radius 3 is 2.53 bits per heavy atom. The lowest BCUT2D eigenvalue weighted by atomic mass is 9.84. The predicted molar refractivity (Wildman–Crippen MR) is 77.7 cm³/mol. The van der Waals surface area contributed by atoms with Crippen molar-refractivity contribution in [2.75, 3.05) is 5.33 Å². The Morgan fingerprint density at radius 1 is 1.41 bits per heavy atom. The lowest BCUT2D eigenvalue weighted by Crippen LogP contribution is -2.33. The van der Waals surface area contributed by atoms with Crippen LogP contribution in [0.5, 0.6) is 0 Å². The van der Waals surface area contributed by atoms with Gasteiger partial charge in [0.25, 0.3) is 0 Å². The third-order valence-corrected chi connectivity index (χ3v) is 3.99. The Labute approximate surface area is 116 Å². The molecule has 0 saturated heterocycles. The van der Waals surface area contributed by atoms with E-state index in [2.05, 4.69) is 15.9 Å². The van der Waals surface area contributed by atoms with Crippen molar-refractivity contribution in [1.29, 1.82) is 0 Å². The van der Waals surface area contributed by atoms with E-state index in [1.165, 1.54) is 0 Å². The second kappa shape index (κ2) is 6.36. The Kier molecular flexibility index (Phi) is 5.41. The Bertz CT molecular complexity index is 398. The molecule has 0 N–H and O–H groups in total. The highest BCUT2D eigenvalue weighted by Crippen LogP contribution is 2.29. The van der Waals surface area contributed by atoms with Crippen LogP contribution in [-0.4, -0.2) is 16.5 Å². The number of hydrogen-bond acceptors (Lipinski definition) is 1. The molecule has 1 nitrogen and oxygen atoms in total. The molecule has 1 aromatic carbocycles. The largest absolute Gasteiger partial charge is 0.298 e. The second-order valence-electron chi connectivity index (χ2n) is 4.45. The van der Waals surface area contributed by atoms with Crippen molar-refractivity contribution in [3.63, 3.8) is 0 Å². The first kappa shape index (κ1) is 14.5. The second-order valence-corrected chi connectivity index (χ2v) is 5.48. The highest BCUT2D eigenvalue weighted by molar-refractivity contribution is 9.09. The molecule has 1 unspecified atom stereocenters. The van der Waals surface area contributed by atoms with Gasteiger partial charge in [0.15, 0.2) is 5.78 Å². The minimum absolute atomic E-state index is 0.107. The van der Waals surface area contributed by atoms with Crippen LogP contribution in [-0.2, 0) is 4.79 Å². The van der Waals surface area contributed by atoms with Gasteiger partial charge in [0.1, 0.15) is 0 Å². The van der Waals surface area contributed by atoms with Gasteiger partial charge < -0.3 is 0 Å². The van der Waals surface area contributed by atoms with Crippen molar-refractivity contribution < 1.29 is 4.79 Å². The zero-order valence-electron chi connectivity index (χ0n) is 9.99. The molecule has 0 aromatic heterocycles. The van der Waals surface area contributed by atoms with Crippen LogP contribution in [0, 0.1) is 5.41 Å². The van der Waals surface area contributed by atoms with Crippen LogP contribution >= 0.6 is 27.5 Å². The number of carbonyl (C=O) groups is 1. The van der Waals surface area contributed by atoms with Gasteiger partial charge in [-0.25, -0.2) is 0 Å². The predicted octanol–water partition coefficient (Wildman–Crippen LogP) is 4.30. The molecule has 0 saturated carbocycles. The zero-order chi connectivity index (χ0) is 12.9. The van der Waals surface area contributed by atoms with Gasteiger partial charge >= 0.3 is 0 Å². The molecule has 0 bridgehead atoms. The fourth-order valence-electron chi connectivity index (χ4n) is 1.33. The molecule has 0 aliphatic heterocycles. The van der Waals surface area contributed by atoms with Gasteiger partial charge in [-0.3, -0.25) is 4.79 Å². The molecule has 1 aromatic rings. The van der Waals surface area contributed by atoms with E-state index in [-0.39, 0.29) is 11.2 Å². The monoisotopic (exact) mass is 314 g/mol. The molecule has 1 rings (SSSR count). The summed E-state index contributed by atoms with van der Waals surface area (Å²) in [5.74, 6) is 0.107. The minimum atomic E-state index is -0.559. The van der Waals surface area contributed by atoms with Gasteiger partial charge in [0, 0.05) is 5.41 Å². The number of allylic oxidation sites excluding steroid dienone is 1. The van der Waals surface area contributed by atoms with Crippen molar-refractivity contribution in [2.24, 2.45) is 5.41 Å². The van der Waals surface area contributed by atoms with Gasteiger partial charge in [-0.1, -0.05) is 72.3 Å². The fraction of sp³-hybridized carbons (Fsp3) is 0.357. The maximum atomic E-state index is 11.7. The summed E-state index contributed by atoms with van der Waals surface area (Å²) in [6.07, 6.45) is 3.82. The molecular weight excluding hydrogens is 300 g/mol. The fourth-order valence-corrected chi connectivity index (χ4v) is 2.24. The molecule has 3 heteroatoms. The van der Waals surface area contributed by atoms with Crippen molar-refractivity contribution >= 4 is 39.4 Å². The SMILES string of the molecule is CC(C)(C(=O)CBr)C(Cl)C=Cc1ccccc1. The number of rotatable bonds is 5. The summed E-state index contributed by atoms with van der Waals surface area (Å²) in [5.41, 5.74) is 0.524. The standard InChI is InChI=1S/C14H16BrClO/c1-14(2,13(17)10-15)12(16)9-8-11-6-4-3-5-7-11/h3-9,12H,10H2,1-2H3. The molecule has 0 amide bonds. The number of halogens is 2. The van der Waals surface area contributed by atoms with E-state index in [0.29, 0.717) is 5.33 Å². The zero-order valence-corrected chi connectivity index (χ0v) is 12.3. The summed E-state index contributed by atoms with van der Waals surface area (Å²) in [5, 5.41) is 0.0234. The highest BCUT2D eigenvalue weighted by Gasteiger charge is 2.32. The van der Waals surface area contributed by atoms with Gasteiger partial charge in [-0.05, 0) is 5.56 Å². The normalized spacial score (nSPS) is 13.9. The first-order valence-electron chi connectivity index (χ1n) is 5.45. The van der Waals surface area contributed by atoms with E-state index in [9.17, 15) is 4.79 Å². The number of Topliss-reactive ketones (excluding diaryl/α,β-unsaturated/α-hetero) is 1. The van der Waals surface area contributed by atoms with Crippen LogP contribution in [0.2, 0.25) is 0 Å². The summed E-state index contributed by atoms with van der Waals surface area (Å²) >= 11 is 9.45. The van der Waals surface area contributed by atoms with Crippen LogP contribution in [0.25, 0.3) is 6.08 Å². The van der Waals surface area contributed by atoms with Crippen molar-refractivity contribution in [1.82, 2.24) is 0 Å². The lowest BCUT2D eigenvalue weighted by molar-refractivity contribution is -0.123. The number of alkyl halides is 2. The first-order valence-corrected chi connectivity index (χ1v) is 7.01. The molecule has 92 valence electrons. The van der Waals surface area contributed by atoms with Gasteiger partial charge in [0.05, 0.1) is 10.7 Å². The summed E-state index contributed by atoms with van der Waals surface area (Å²) < 4.78 is 0. The van der Waals surface area contributed by atoms with E-state index in [4.69, 9.17) is 11.6 Å². The average Bonchev–Trinajstić information content (AvgIpc) is 2.35. The quantitative estimate of drug-likeness (QED) is 0.741. The summed E-state index contributed by atoms with van der Waals surface area (Å²) in [7, 11) is 0. The highest BCUT2D eigenvalue weighted by atomic mass is 79.9. The van der Waals surface area contributed by atoms with E-state index < -0.39 is 5.41 Å². The van der Waals surface area contributed by atoms with E-state index in [1.54, 1.807) is 0 Å². The molecule has 0 heterocycles. The Morgan fingerprint density at radius 2 is 2.00 bits per heavy atom. The molecule has 1 atom stereocenters. The molecule has 0 fully saturated rings. The number of hydrogen-bond donors (Lipinski definition) is 0. The lowest BCUT2D eigenvalue weighted by Gasteiger charge is -2.25. The van der Waals surface area contributed by atoms with Gasteiger partial charge in [-0.2, -0.15) is 0 Å². The molecule has 17 heavy (non-hydrogen) atoms. The van der Waals surface area contributed by atoms with Crippen LogP contribution in [0.15, 0.2) is 36.4 Å². The van der Waals surface area contributed by atoms with Crippen molar-refractivity contribution in [3.8, 4) is 0 Å². The Balaban J connectivity index is 2.75. The van der Waals surface area contributed by atoms with Crippen LogP contribution in [0.4, 0.5) is 0 Å².